The molecule has 0 aliphatic rings. The fourth-order valence-electron chi connectivity index (χ4n) is 2.56. The Balaban J connectivity index is 1.72. The minimum atomic E-state index is -1.29. The van der Waals surface area contributed by atoms with Gasteiger partial charge < -0.3 is 5.11 Å². The number of nitrogens with one attached hydrogen (secondary N) is 1. The quantitative estimate of drug-likeness (QED) is 0.526. The second kappa shape index (κ2) is 6.29. The van der Waals surface area contributed by atoms with Crippen LogP contribution in [0, 0.1) is 5.82 Å². The number of para-hydroxylation sites is 1. The van der Waals surface area contributed by atoms with Gasteiger partial charge in [-0.3, -0.25) is 10.1 Å². The van der Waals surface area contributed by atoms with Gasteiger partial charge in [-0.05, 0) is 24.3 Å². The second-order valence-corrected chi connectivity index (χ2v) is 5.38. The van der Waals surface area contributed by atoms with Gasteiger partial charge in [0.2, 0.25) is 5.78 Å². The smallest absolute Gasteiger partial charge is 0.410 e. The molecule has 0 aliphatic carbocycles. The van der Waals surface area contributed by atoms with Crippen molar-refractivity contribution in [2.45, 2.75) is 0 Å². The normalized spacial score (nSPS) is 10.9. The summed E-state index contributed by atoms with van der Waals surface area (Å²) in [6.07, 6.45) is 1.13. The van der Waals surface area contributed by atoms with Gasteiger partial charge >= 0.3 is 6.09 Å². The maximum atomic E-state index is 13.9. The number of nitrogens with zero attached hydrogens (tertiary/aromatic N) is 6. The average molecular weight is 367 g/mol. The fourth-order valence-corrected chi connectivity index (χ4v) is 2.56. The van der Waals surface area contributed by atoms with Crippen LogP contribution in [0.1, 0.15) is 16.2 Å². The van der Waals surface area contributed by atoms with Crippen LogP contribution in [-0.4, -0.2) is 46.6 Å². The molecule has 1 amide bonds. The number of hydrogen-bond donors (Lipinski definition) is 2. The minimum absolute atomic E-state index is 0.0235. The average Bonchev–Trinajstić information content (AvgIpc) is 3.29. The summed E-state index contributed by atoms with van der Waals surface area (Å²) in [4.78, 5) is 27.4. The minimum Gasteiger partial charge on any atom is -0.465 e. The summed E-state index contributed by atoms with van der Waals surface area (Å²) in [6, 6.07) is 8.91. The number of anilines is 1. The molecule has 11 heteroatoms. The van der Waals surface area contributed by atoms with Crippen LogP contribution in [0.5, 0.6) is 0 Å². The Hall–Kier alpha value is -4.15. The number of amides is 1. The largest absolute Gasteiger partial charge is 0.465 e. The molecule has 4 rings (SSSR count). The zero-order chi connectivity index (χ0) is 19.0. The van der Waals surface area contributed by atoms with E-state index in [0.29, 0.717) is 5.52 Å². The van der Waals surface area contributed by atoms with E-state index in [4.69, 9.17) is 5.11 Å². The van der Waals surface area contributed by atoms with Crippen LogP contribution in [0.2, 0.25) is 0 Å². The second-order valence-electron chi connectivity index (χ2n) is 5.38. The van der Waals surface area contributed by atoms with Crippen LogP contribution < -0.4 is 5.32 Å². The molecule has 2 N–H and O–H groups in total. The van der Waals surface area contributed by atoms with Gasteiger partial charge in [0.05, 0.1) is 6.20 Å². The van der Waals surface area contributed by atoms with Gasteiger partial charge in [0.1, 0.15) is 29.0 Å². The molecule has 0 spiro atoms. The number of fused-ring (bicyclic) bond motifs is 1. The predicted octanol–water partition coefficient (Wildman–Crippen LogP) is 1.77. The van der Waals surface area contributed by atoms with E-state index < -0.39 is 17.7 Å². The van der Waals surface area contributed by atoms with Crippen LogP contribution >= 0.6 is 0 Å². The molecule has 0 aliphatic heterocycles. The van der Waals surface area contributed by atoms with Crippen molar-refractivity contribution in [3.8, 4) is 5.69 Å². The predicted molar refractivity (Wildman–Crippen MR) is 89.4 cm³/mol. The number of carbonyl (C=O) groups excluding carboxylic acids is 1. The van der Waals surface area contributed by atoms with E-state index in [1.807, 2.05) is 0 Å². The van der Waals surface area contributed by atoms with E-state index in [1.165, 1.54) is 41.0 Å². The first-order chi connectivity index (χ1) is 13.0. The van der Waals surface area contributed by atoms with Crippen molar-refractivity contribution in [3.63, 3.8) is 0 Å². The Kier molecular flexibility index (Phi) is 3.81. The summed E-state index contributed by atoms with van der Waals surface area (Å²) in [7, 11) is 0. The molecule has 134 valence electrons. The van der Waals surface area contributed by atoms with E-state index in [2.05, 4.69) is 25.7 Å². The van der Waals surface area contributed by atoms with Crippen molar-refractivity contribution < 1.29 is 19.1 Å². The molecule has 0 bridgehead atoms. The fraction of sp³-hybridized carbons (Fsp3) is 0. The zero-order valence-electron chi connectivity index (χ0n) is 13.4. The lowest BCUT2D eigenvalue weighted by Gasteiger charge is -2.03. The number of rotatable bonds is 4. The van der Waals surface area contributed by atoms with Gasteiger partial charge in [0.15, 0.2) is 11.5 Å². The SMILES string of the molecule is O=C(O)Nc1ncnn2c(C(=O)c3cn(-c4ccccc4F)nn3)ccc12. The van der Waals surface area contributed by atoms with Crippen molar-refractivity contribution >= 4 is 23.2 Å². The Labute approximate surface area is 149 Å². The van der Waals surface area contributed by atoms with Crippen molar-refractivity contribution in [2.75, 3.05) is 5.32 Å². The molecule has 3 heterocycles. The van der Waals surface area contributed by atoms with E-state index >= 15 is 0 Å². The molecule has 0 unspecified atom stereocenters. The van der Waals surface area contributed by atoms with Crippen molar-refractivity contribution in [1.82, 2.24) is 29.6 Å². The van der Waals surface area contributed by atoms with Crippen molar-refractivity contribution in [1.29, 1.82) is 0 Å². The first-order valence-electron chi connectivity index (χ1n) is 7.59. The number of hydrogen-bond acceptors (Lipinski definition) is 6. The monoisotopic (exact) mass is 367 g/mol. The van der Waals surface area contributed by atoms with Gasteiger partial charge in [-0.15, -0.1) is 5.10 Å². The van der Waals surface area contributed by atoms with Gasteiger partial charge in [0.25, 0.3) is 0 Å². The number of aromatic nitrogens is 6. The van der Waals surface area contributed by atoms with Crippen LogP contribution in [0.25, 0.3) is 11.2 Å². The highest BCUT2D eigenvalue weighted by Gasteiger charge is 2.20. The molecule has 4 aromatic rings. The third-order valence-electron chi connectivity index (χ3n) is 3.74. The van der Waals surface area contributed by atoms with Crippen molar-refractivity contribution in [3.05, 3.63) is 66.1 Å². The zero-order valence-corrected chi connectivity index (χ0v) is 13.4. The van der Waals surface area contributed by atoms with Crippen molar-refractivity contribution in [2.24, 2.45) is 0 Å². The van der Waals surface area contributed by atoms with Gasteiger partial charge in [-0.1, -0.05) is 17.3 Å². The summed E-state index contributed by atoms with van der Waals surface area (Å²) < 4.78 is 16.3. The highest BCUT2D eigenvalue weighted by molar-refractivity contribution is 6.07. The highest BCUT2D eigenvalue weighted by atomic mass is 19.1. The first-order valence-corrected chi connectivity index (χ1v) is 7.59. The third kappa shape index (κ3) is 2.86. The van der Waals surface area contributed by atoms with Gasteiger partial charge in [0, 0.05) is 0 Å². The van der Waals surface area contributed by atoms with Crippen LogP contribution in [0.15, 0.2) is 48.9 Å². The maximum absolute atomic E-state index is 13.9. The van der Waals surface area contributed by atoms with E-state index in [-0.39, 0.29) is 22.9 Å². The number of halogens is 1. The summed E-state index contributed by atoms with van der Waals surface area (Å²) in [5.41, 5.74) is 0.551. The van der Waals surface area contributed by atoms with Crippen LogP contribution in [0.4, 0.5) is 15.0 Å². The molecule has 0 atom stereocenters. The Morgan fingerprint density at radius 2 is 1.96 bits per heavy atom. The number of benzene rings is 1. The first kappa shape index (κ1) is 16.3. The molecule has 0 saturated heterocycles. The molecular weight excluding hydrogens is 357 g/mol. The topological polar surface area (TPSA) is 127 Å². The molecule has 3 aromatic heterocycles. The molecular formula is C16H10FN7O3. The molecule has 0 saturated carbocycles. The van der Waals surface area contributed by atoms with E-state index in [0.717, 1.165) is 11.0 Å². The van der Waals surface area contributed by atoms with Gasteiger partial charge in [-0.25, -0.2) is 23.4 Å². The standard InChI is InChI=1S/C16H10FN7O3/c17-9-3-1-2-4-11(9)23-7-10(21-22-23)14(25)12-5-6-13-15(20-16(26)27)18-8-19-24(12)13/h1-8H,(H,26,27)(H,18,19,20). The lowest BCUT2D eigenvalue weighted by molar-refractivity contribution is 0.102. The number of carbonyl (C=O) groups is 2. The number of ketones is 1. The lowest BCUT2D eigenvalue weighted by atomic mass is 10.2. The maximum Gasteiger partial charge on any atom is 0.410 e. The molecule has 10 nitrogen and oxygen atoms in total. The molecule has 27 heavy (non-hydrogen) atoms. The summed E-state index contributed by atoms with van der Waals surface area (Å²) in [5, 5.41) is 22.5. The Bertz CT molecular complexity index is 1180. The van der Waals surface area contributed by atoms with E-state index in [9.17, 15) is 14.0 Å². The number of carboxylic acid groups (broad SMARTS) is 1. The summed E-state index contributed by atoms with van der Waals surface area (Å²) in [5.74, 6) is -0.990. The highest BCUT2D eigenvalue weighted by Crippen LogP contribution is 2.19. The van der Waals surface area contributed by atoms with Crippen LogP contribution in [-0.2, 0) is 0 Å². The molecule has 1 aromatic carbocycles. The lowest BCUT2D eigenvalue weighted by Crippen LogP contribution is -2.12. The van der Waals surface area contributed by atoms with E-state index in [1.54, 1.807) is 6.07 Å². The molecule has 0 radical (unpaired) electrons. The summed E-state index contributed by atoms with van der Waals surface area (Å²) in [6.45, 7) is 0. The molecule has 0 fully saturated rings. The Morgan fingerprint density at radius 1 is 1.15 bits per heavy atom. The van der Waals surface area contributed by atoms with Crippen LogP contribution in [0.3, 0.4) is 0 Å². The third-order valence-corrected chi connectivity index (χ3v) is 3.74. The summed E-state index contributed by atoms with van der Waals surface area (Å²) >= 11 is 0. The van der Waals surface area contributed by atoms with Gasteiger partial charge in [-0.2, -0.15) is 5.10 Å². The Morgan fingerprint density at radius 3 is 2.74 bits per heavy atom.